The first-order valence-corrected chi connectivity index (χ1v) is 7.58. The molecule has 106 valence electrons. The van der Waals surface area contributed by atoms with Gasteiger partial charge in [0, 0.05) is 22.0 Å². The van der Waals surface area contributed by atoms with Crippen LogP contribution in [0.3, 0.4) is 0 Å². The largest absolute Gasteiger partial charge is 0.493 e. The fraction of sp³-hybridized carbons (Fsp3) is 0.600. The SMILES string of the molecule is COc1cc(Br)cc(C2(CN)CCCCC2)c1OC. The minimum atomic E-state index is 0.0284. The summed E-state index contributed by atoms with van der Waals surface area (Å²) in [6, 6.07) is 4.08. The zero-order valence-electron chi connectivity index (χ0n) is 11.7. The van der Waals surface area contributed by atoms with Crippen LogP contribution in [-0.4, -0.2) is 20.8 Å². The Morgan fingerprint density at radius 3 is 2.37 bits per heavy atom. The molecule has 1 aromatic carbocycles. The van der Waals surface area contributed by atoms with Gasteiger partial charge in [0.25, 0.3) is 0 Å². The van der Waals surface area contributed by atoms with Crippen molar-refractivity contribution in [2.45, 2.75) is 37.5 Å². The molecular weight excluding hydrogens is 306 g/mol. The molecule has 4 heteroatoms. The van der Waals surface area contributed by atoms with Crippen molar-refractivity contribution in [2.75, 3.05) is 20.8 Å². The van der Waals surface area contributed by atoms with Gasteiger partial charge in [-0.1, -0.05) is 35.2 Å². The molecule has 0 saturated heterocycles. The Labute approximate surface area is 123 Å². The van der Waals surface area contributed by atoms with Crippen molar-refractivity contribution in [1.82, 2.24) is 0 Å². The molecule has 2 rings (SSSR count). The van der Waals surface area contributed by atoms with Gasteiger partial charge < -0.3 is 15.2 Å². The van der Waals surface area contributed by atoms with Crippen molar-refractivity contribution >= 4 is 15.9 Å². The zero-order chi connectivity index (χ0) is 13.9. The maximum absolute atomic E-state index is 6.12. The van der Waals surface area contributed by atoms with Crippen molar-refractivity contribution in [2.24, 2.45) is 5.73 Å². The van der Waals surface area contributed by atoms with Gasteiger partial charge >= 0.3 is 0 Å². The van der Waals surface area contributed by atoms with E-state index in [1.54, 1.807) is 14.2 Å². The Hall–Kier alpha value is -0.740. The molecule has 0 bridgehead atoms. The number of benzene rings is 1. The van der Waals surface area contributed by atoms with Crippen LogP contribution < -0.4 is 15.2 Å². The molecule has 0 spiro atoms. The molecule has 0 radical (unpaired) electrons. The average Bonchev–Trinajstić information content (AvgIpc) is 2.46. The Morgan fingerprint density at radius 2 is 1.84 bits per heavy atom. The Kier molecular flexibility index (Phi) is 4.74. The van der Waals surface area contributed by atoms with Gasteiger partial charge in [-0.05, 0) is 25.0 Å². The summed E-state index contributed by atoms with van der Waals surface area (Å²) < 4.78 is 12.1. The highest BCUT2D eigenvalue weighted by Gasteiger charge is 2.36. The third kappa shape index (κ3) is 2.75. The van der Waals surface area contributed by atoms with Gasteiger partial charge in [-0.2, -0.15) is 0 Å². The highest BCUT2D eigenvalue weighted by atomic mass is 79.9. The number of hydrogen-bond donors (Lipinski definition) is 1. The predicted molar refractivity (Wildman–Crippen MR) is 81.1 cm³/mol. The van der Waals surface area contributed by atoms with Crippen LogP contribution in [0.4, 0.5) is 0 Å². The summed E-state index contributed by atoms with van der Waals surface area (Å²) >= 11 is 3.56. The maximum atomic E-state index is 6.12. The summed E-state index contributed by atoms with van der Waals surface area (Å²) in [5.41, 5.74) is 7.34. The monoisotopic (exact) mass is 327 g/mol. The second-order valence-electron chi connectivity index (χ2n) is 5.23. The third-order valence-electron chi connectivity index (χ3n) is 4.22. The van der Waals surface area contributed by atoms with E-state index in [0.717, 1.165) is 28.8 Å². The van der Waals surface area contributed by atoms with Gasteiger partial charge in [-0.3, -0.25) is 0 Å². The number of rotatable bonds is 4. The van der Waals surface area contributed by atoms with E-state index in [0.29, 0.717) is 6.54 Å². The maximum Gasteiger partial charge on any atom is 0.164 e. The number of halogens is 1. The lowest BCUT2D eigenvalue weighted by molar-refractivity contribution is 0.281. The summed E-state index contributed by atoms with van der Waals surface area (Å²) in [6.07, 6.45) is 6.01. The highest BCUT2D eigenvalue weighted by Crippen LogP contribution is 2.47. The Balaban J connectivity index is 2.55. The van der Waals surface area contributed by atoms with Gasteiger partial charge in [0.1, 0.15) is 0 Å². The molecule has 2 N–H and O–H groups in total. The Morgan fingerprint density at radius 1 is 1.16 bits per heavy atom. The van der Waals surface area contributed by atoms with Gasteiger partial charge in [-0.15, -0.1) is 0 Å². The van der Waals surface area contributed by atoms with Crippen LogP contribution in [0, 0.1) is 0 Å². The fourth-order valence-corrected chi connectivity index (χ4v) is 3.57. The minimum absolute atomic E-state index is 0.0284. The molecule has 0 heterocycles. The second kappa shape index (κ2) is 6.14. The zero-order valence-corrected chi connectivity index (χ0v) is 13.3. The second-order valence-corrected chi connectivity index (χ2v) is 6.15. The van der Waals surface area contributed by atoms with Crippen LogP contribution in [0.25, 0.3) is 0 Å². The standard InChI is InChI=1S/C15H22BrNO2/c1-18-13-9-11(16)8-12(14(13)19-2)15(10-17)6-4-3-5-7-15/h8-9H,3-7,10,17H2,1-2H3. The van der Waals surface area contributed by atoms with E-state index >= 15 is 0 Å². The first kappa shape index (κ1) is 14.7. The molecule has 0 aliphatic heterocycles. The molecule has 0 atom stereocenters. The molecule has 0 amide bonds. The Bertz CT molecular complexity index is 442. The van der Waals surface area contributed by atoms with Crippen LogP contribution in [0.5, 0.6) is 11.5 Å². The smallest absolute Gasteiger partial charge is 0.164 e. The molecule has 19 heavy (non-hydrogen) atoms. The van der Waals surface area contributed by atoms with Crippen LogP contribution in [0.1, 0.15) is 37.7 Å². The number of nitrogens with two attached hydrogens (primary N) is 1. The van der Waals surface area contributed by atoms with E-state index in [4.69, 9.17) is 15.2 Å². The highest BCUT2D eigenvalue weighted by molar-refractivity contribution is 9.10. The molecule has 1 fully saturated rings. The summed E-state index contributed by atoms with van der Waals surface area (Å²) in [5, 5.41) is 0. The first-order valence-electron chi connectivity index (χ1n) is 6.79. The molecule has 1 aliphatic rings. The lowest BCUT2D eigenvalue weighted by Crippen LogP contribution is -2.37. The normalized spacial score (nSPS) is 18.1. The fourth-order valence-electron chi connectivity index (χ4n) is 3.14. The number of methoxy groups -OCH3 is 2. The van der Waals surface area contributed by atoms with Crippen molar-refractivity contribution in [1.29, 1.82) is 0 Å². The molecule has 3 nitrogen and oxygen atoms in total. The van der Waals surface area contributed by atoms with E-state index in [-0.39, 0.29) is 5.41 Å². The number of ether oxygens (including phenoxy) is 2. The van der Waals surface area contributed by atoms with Crippen molar-refractivity contribution in [3.63, 3.8) is 0 Å². The minimum Gasteiger partial charge on any atom is -0.493 e. The van der Waals surface area contributed by atoms with Crippen LogP contribution >= 0.6 is 15.9 Å². The van der Waals surface area contributed by atoms with Crippen molar-refractivity contribution in [3.05, 3.63) is 22.2 Å². The van der Waals surface area contributed by atoms with Crippen LogP contribution in [0.15, 0.2) is 16.6 Å². The topological polar surface area (TPSA) is 44.5 Å². The summed E-state index contributed by atoms with van der Waals surface area (Å²) in [7, 11) is 3.37. The lowest BCUT2D eigenvalue weighted by atomic mass is 9.69. The summed E-state index contributed by atoms with van der Waals surface area (Å²) in [5.74, 6) is 1.60. The van der Waals surface area contributed by atoms with E-state index in [1.807, 2.05) is 6.07 Å². The molecule has 1 aromatic rings. The quantitative estimate of drug-likeness (QED) is 0.918. The molecular formula is C15H22BrNO2. The number of hydrogen-bond acceptors (Lipinski definition) is 3. The lowest BCUT2D eigenvalue weighted by Gasteiger charge is -2.38. The average molecular weight is 328 g/mol. The molecule has 0 unspecified atom stereocenters. The van der Waals surface area contributed by atoms with E-state index in [9.17, 15) is 0 Å². The predicted octanol–water partition coefficient (Wildman–Crippen LogP) is 3.63. The molecule has 1 aliphatic carbocycles. The summed E-state index contributed by atoms with van der Waals surface area (Å²) in [6.45, 7) is 0.656. The third-order valence-corrected chi connectivity index (χ3v) is 4.67. The van der Waals surface area contributed by atoms with Crippen molar-refractivity contribution in [3.8, 4) is 11.5 Å². The van der Waals surface area contributed by atoms with Gasteiger partial charge in [0.15, 0.2) is 11.5 Å². The van der Waals surface area contributed by atoms with Gasteiger partial charge in [-0.25, -0.2) is 0 Å². The summed E-state index contributed by atoms with van der Waals surface area (Å²) in [4.78, 5) is 0. The van der Waals surface area contributed by atoms with E-state index < -0.39 is 0 Å². The van der Waals surface area contributed by atoms with Crippen molar-refractivity contribution < 1.29 is 9.47 Å². The van der Waals surface area contributed by atoms with E-state index in [1.165, 1.54) is 24.8 Å². The van der Waals surface area contributed by atoms with Gasteiger partial charge in [0.2, 0.25) is 0 Å². The first-order chi connectivity index (χ1) is 9.16. The van der Waals surface area contributed by atoms with E-state index in [2.05, 4.69) is 22.0 Å². The van der Waals surface area contributed by atoms with Crippen LogP contribution in [-0.2, 0) is 5.41 Å². The van der Waals surface area contributed by atoms with Gasteiger partial charge in [0.05, 0.1) is 14.2 Å². The molecule has 1 saturated carbocycles. The van der Waals surface area contributed by atoms with Crippen LogP contribution in [0.2, 0.25) is 0 Å². The molecule has 0 aromatic heterocycles.